The van der Waals surface area contributed by atoms with Crippen molar-refractivity contribution in [2.75, 3.05) is 32.5 Å². The first kappa shape index (κ1) is 26.2. The van der Waals surface area contributed by atoms with Gasteiger partial charge >= 0.3 is 5.97 Å². The van der Waals surface area contributed by atoms with Crippen LogP contribution in [0.3, 0.4) is 0 Å². The van der Waals surface area contributed by atoms with Crippen LogP contribution in [-0.2, 0) is 4.79 Å². The molecule has 1 aromatic carbocycles. The number of carbonyl (C=O) groups is 1. The number of aliphatic hydroxyl groups is 1. The van der Waals surface area contributed by atoms with Gasteiger partial charge in [-0.05, 0) is 62.1 Å². The van der Waals surface area contributed by atoms with Crippen LogP contribution in [0.5, 0.6) is 5.75 Å². The Morgan fingerprint density at radius 1 is 1.40 bits per heavy atom. The highest BCUT2D eigenvalue weighted by atomic mass is 35.5. The van der Waals surface area contributed by atoms with E-state index in [2.05, 4.69) is 9.88 Å². The molecule has 1 aliphatic rings. The molecule has 1 fully saturated rings. The number of carboxylic acid groups (broad SMARTS) is 1. The van der Waals surface area contributed by atoms with Gasteiger partial charge in [-0.2, -0.15) is 4.39 Å². The van der Waals surface area contributed by atoms with E-state index >= 15 is 0 Å². The number of aliphatic hydroxyl groups excluding tert-OH is 1. The maximum absolute atomic E-state index is 13.2. The summed E-state index contributed by atoms with van der Waals surface area (Å²) in [5.74, 6) is 0.103. The zero-order valence-electron chi connectivity index (χ0n) is 19.3. The molecule has 1 saturated heterocycles. The predicted octanol–water partition coefficient (Wildman–Crippen LogP) is 5.73. The van der Waals surface area contributed by atoms with Crippen molar-refractivity contribution in [1.29, 1.82) is 0 Å². The summed E-state index contributed by atoms with van der Waals surface area (Å²) in [5.41, 5.74) is 1.31. The molecule has 0 saturated carbocycles. The third kappa shape index (κ3) is 6.46. The van der Waals surface area contributed by atoms with Crippen molar-refractivity contribution in [2.45, 2.75) is 29.6 Å². The second-order valence-corrected chi connectivity index (χ2v) is 11.5. The summed E-state index contributed by atoms with van der Waals surface area (Å²) in [4.78, 5) is 18.5. The minimum atomic E-state index is -0.838. The Hall–Kier alpha value is -1.91. The largest absolute Gasteiger partial charge is 0.497 e. The van der Waals surface area contributed by atoms with E-state index < -0.39 is 18.0 Å². The summed E-state index contributed by atoms with van der Waals surface area (Å²) in [6.07, 6.45) is 2.44. The topological polar surface area (TPSA) is 82.9 Å². The molecule has 0 spiro atoms. The normalized spacial score (nSPS) is 19.7. The highest BCUT2D eigenvalue weighted by molar-refractivity contribution is 8.01. The summed E-state index contributed by atoms with van der Waals surface area (Å²) in [7, 11) is 1.58. The lowest BCUT2D eigenvalue weighted by molar-refractivity contribution is -0.146. The van der Waals surface area contributed by atoms with Gasteiger partial charge in [0, 0.05) is 36.0 Å². The number of benzene rings is 1. The van der Waals surface area contributed by atoms with Crippen LogP contribution in [0.25, 0.3) is 10.9 Å². The number of hydrogen-bond donors (Lipinski definition) is 2. The minimum Gasteiger partial charge on any atom is -0.497 e. The molecule has 1 aliphatic heterocycles. The molecule has 2 aromatic heterocycles. The van der Waals surface area contributed by atoms with Crippen LogP contribution in [0.15, 0.2) is 40.7 Å². The molecular weight excluding hydrogens is 511 g/mol. The molecule has 0 aliphatic carbocycles. The van der Waals surface area contributed by atoms with E-state index in [0.29, 0.717) is 41.2 Å². The Labute approximate surface area is 217 Å². The number of methoxy groups -OCH3 is 1. The highest BCUT2D eigenvalue weighted by Gasteiger charge is 2.34. The quantitative estimate of drug-likeness (QED) is 0.319. The average molecular weight is 539 g/mol. The molecule has 6 nitrogen and oxygen atoms in total. The fraction of sp³-hybridized carbons (Fsp3) is 0.440. The van der Waals surface area contributed by atoms with Crippen LogP contribution in [-0.4, -0.2) is 58.6 Å². The van der Waals surface area contributed by atoms with E-state index in [9.17, 15) is 19.4 Å². The molecule has 3 aromatic rings. The van der Waals surface area contributed by atoms with Gasteiger partial charge in [-0.25, -0.2) is 0 Å². The molecule has 3 unspecified atom stereocenters. The van der Waals surface area contributed by atoms with E-state index in [-0.39, 0.29) is 11.0 Å². The van der Waals surface area contributed by atoms with Gasteiger partial charge in [-0.3, -0.25) is 9.78 Å². The van der Waals surface area contributed by atoms with Gasteiger partial charge in [0.1, 0.15) is 5.75 Å². The average Bonchev–Trinajstić information content (AvgIpc) is 3.27. The number of piperidine rings is 1. The zero-order valence-corrected chi connectivity index (χ0v) is 21.7. The summed E-state index contributed by atoms with van der Waals surface area (Å²) in [6, 6.07) is 8.68. The number of thiophene rings is 1. The lowest BCUT2D eigenvalue weighted by Crippen LogP contribution is -2.44. The van der Waals surface area contributed by atoms with E-state index in [1.165, 1.54) is 12.3 Å². The Morgan fingerprint density at radius 2 is 2.23 bits per heavy atom. The van der Waals surface area contributed by atoms with Crippen molar-refractivity contribution in [1.82, 2.24) is 9.88 Å². The van der Waals surface area contributed by atoms with Crippen LogP contribution in [0.1, 0.15) is 30.9 Å². The minimum absolute atomic E-state index is 0.0288. The van der Waals surface area contributed by atoms with Gasteiger partial charge in [0.05, 0.1) is 33.9 Å². The number of likely N-dealkylation sites (tertiary alicyclic amines) is 1. The number of aliphatic carboxylic acids is 1. The summed E-state index contributed by atoms with van der Waals surface area (Å²) >= 11 is 9.14. The number of halogens is 2. The predicted molar refractivity (Wildman–Crippen MR) is 138 cm³/mol. The second-order valence-electron chi connectivity index (χ2n) is 8.70. The smallest absolute Gasteiger partial charge is 0.308 e. The van der Waals surface area contributed by atoms with Gasteiger partial charge in [-0.1, -0.05) is 22.9 Å². The first-order valence-corrected chi connectivity index (χ1v) is 13.7. The fourth-order valence-electron chi connectivity index (χ4n) is 4.70. The number of pyridine rings is 1. The number of carboxylic acids is 1. The first-order valence-electron chi connectivity index (χ1n) is 11.5. The van der Waals surface area contributed by atoms with E-state index in [1.807, 2.05) is 18.2 Å². The standard InChI is InChI=1S/C25H28ClFN2O4S2/c1-33-16-3-4-20-17(12-16)24(19(26)13-28-20)21(30)5-2-15-8-9-29(14-18(15)25(31)32)10-11-34-23-7-6-22(27)35-23/h3-4,6-7,12-13,15,18,21,30H,2,5,8-11,14H2,1H3,(H,31,32). The van der Waals surface area contributed by atoms with E-state index in [1.54, 1.807) is 24.9 Å². The number of rotatable bonds is 10. The molecule has 4 rings (SSSR count). The Kier molecular flexibility index (Phi) is 8.88. The van der Waals surface area contributed by atoms with Crippen LogP contribution in [0.4, 0.5) is 4.39 Å². The Bertz CT molecular complexity index is 1180. The van der Waals surface area contributed by atoms with Crippen molar-refractivity contribution in [3.8, 4) is 5.75 Å². The third-order valence-corrected chi connectivity index (χ3v) is 8.95. The maximum atomic E-state index is 13.2. The summed E-state index contributed by atoms with van der Waals surface area (Å²) in [5, 5.41) is 21.9. The SMILES string of the molecule is COc1ccc2ncc(Cl)c(C(O)CCC3CCN(CCSc4ccc(F)s4)CC3C(=O)O)c2c1. The Morgan fingerprint density at radius 3 is 2.94 bits per heavy atom. The molecule has 35 heavy (non-hydrogen) atoms. The van der Waals surface area contributed by atoms with Gasteiger partial charge < -0.3 is 19.8 Å². The molecule has 3 heterocycles. The highest BCUT2D eigenvalue weighted by Crippen LogP contribution is 2.37. The number of hydrogen-bond acceptors (Lipinski definition) is 7. The monoisotopic (exact) mass is 538 g/mol. The van der Waals surface area contributed by atoms with E-state index in [4.69, 9.17) is 16.3 Å². The first-order chi connectivity index (χ1) is 16.9. The van der Waals surface area contributed by atoms with Gasteiger partial charge in [0.25, 0.3) is 0 Å². The number of ether oxygens (including phenoxy) is 1. The van der Waals surface area contributed by atoms with Crippen molar-refractivity contribution in [2.24, 2.45) is 11.8 Å². The molecule has 2 N–H and O–H groups in total. The number of fused-ring (bicyclic) bond motifs is 1. The number of thioether (sulfide) groups is 1. The molecule has 3 atom stereocenters. The summed E-state index contributed by atoms with van der Waals surface area (Å²) < 4.78 is 19.4. The Balaban J connectivity index is 1.37. The van der Waals surface area contributed by atoms with Crippen molar-refractivity contribution in [3.05, 3.63) is 52.2 Å². The van der Waals surface area contributed by atoms with Gasteiger partial charge in [0.2, 0.25) is 0 Å². The fourth-order valence-corrected chi connectivity index (χ4v) is 6.88. The number of nitrogens with zero attached hydrogens (tertiary/aromatic N) is 2. The van der Waals surface area contributed by atoms with Crippen molar-refractivity contribution in [3.63, 3.8) is 0 Å². The molecule has 188 valence electrons. The number of aromatic nitrogens is 1. The van der Waals surface area contributed by atoms with E-state index in [0.717, 1.165) is 46.2 Å². The van der Waals surface area contributed by atoms with Crippen LogP contribution >= 0.6 is 34.7 Å². The molecule has 0 bridgehead atoms. The molecule has 0 radical (unpaired) electrons. The van der Waals surface area contributed by atoms with Crippen LogP contribution in [0.2, 0.25) is 5.02 Å². The third-order valence-electron chi connectivity index (χ3n) is 6.57. The molecular formula is C25H28ClFN2O4S2. The molecule has 0 amide bonds. The molecule has 10 heteroatoms. The lowest BCUT2D eigenvalue weighted by Gasteiger charge is -2.37. The summed E-state index contributed by atoms with van der Waals surface area (Å²) in [6.45, 7) is 2.04. The van der Waals surface area contributed by atoms with Crippen LogP contribution < -0.4 is 4.74 Å². The second kappa shape index (κ2) is 11.9. The van der Waals surface area contributed by atoms with Crippen molar-refractivity contribution >= 4 is 51.6 Å². The van der Waals surface area contributed by atoms with Crippen LogP contribution in [0, 0.1) is 17.0 Å². The lowest BCUT2D eigenvalue weighted by atomic mass is 9.81. The van der Waals surface area contributed by atoms with Gasteiger partial charge in [0.15, 0.2) is 5.13 Å². The zero-order chi connectivity index (χ0) is 24.9. The van der Waals surface area contributed by atoms with Crippen molar-refractivity contribution < 1.29 is 24.1 Å². The van der Waals surface area contributed by atoms with Gasteiger partial charge in [-0.15, -0.1) is 11.8 Å². The maximum Gasteiger partial charge on any atom is 0.308 e.